The third-order valence-electron chi connectivity index (χ3n) is 4.17. The fourth-order valence-electron chi connectivity index (χ4n) is 3.04. The minimum absolute atomic E-state index is 0.421. The van der Waals surface area contributed by atoms with Crippen molar-refractivity contribution in [3.63, 3.8) is 0 Å². The molecular formula is C16H17NO2. The van der Waals surface area contributed by atoms with Crippen LogP contribution in [0.3, 0.4) is 0 Å². The van der Waals surface area contributed by atoms with Gasteiger partial charge < -0.3 is 9.67 Å². The SMILES string of the molecule is Cc1cc(C(=O)O)c(C)n1CC1Cc2ccccc21. The zero-order valence-electron chi connectivity index (χ0n) is 11.2. The number of carboxylic acid groups (broad SMARTS) is 1. The topological polar surface area (TPSA) is 42.2 Å². The van der Waals surface area contributed by atoms with Crippen LogP contribution in [0.1, 0.15) is 38.8 Å². The van der Waals surface area contributed by atoms with E-state index in [9.17, 15) is 4.79 Å². The molecule has 3 rings (SSSR count). The van der Waals surface area contributed by atoms with E-state index in [1.165, 1.54) is 11.1 Å². The van der Waals surface area contributed by atoms with E-state index < -0.39 is 5.97 Å². The van der Waals surface area contributed by atoms with Crippen LogP contribution in [0.25, 0.3) is 0 Å². The lowest BCUT2D eigenvalue weighted by Gasteiger charge is -2.31. The Balaban J connectivity index is 1.88. The number of carboxylic acids is 1. The molecule has 1 aliphatic carbocycles. The second-order valence-electron chi connectivity index (χ2n) is 5.30. The lowest BCUT2D eigenvalue weighted by molar-refractivity contribution is 0.0696. The highest BCUT2D eigenvalue weighted by molar-refractivity contribution is 5.89. The van der Waals surface area contributed by atoms with Crippen molar-refractivity contribution in [2.24, 2.45) is 0 Å². The van der Waals surface area contributed by atoms with Crippen LogP contribution >= 0.6 is 0 Å². The van der Waals surface area contributed by atoms with Gasteiger partial charge in [-0.15, -0.1) is 0 Å². The van der Waals surface area contributed by atoms with Crippen molar-refractivity contribution in [2.45, 2.75) is 32.7 Å². The van der Waals surface area contributed by atoms with E-state index in [2.05, 4.69) is 28.8 Å². The van der Waals surface area contributed by atoms with E-state index in [1.54, 1.807) is 6.07 Å². The fraction of sp³-hybridized carbons (Fsp3) is 0.312. The van der Waals surface area contributed by atoms with Gasteiger partial charge in [-0.2, -0.15) is 0 Å². The summed E-state index contributed by atoms with van der Waals surface area (Å²) >= 11 is 0. The quantitative estimate of drug-likeness (QED) is 0.915. The largest absolute Gasteiger partial charge is 0.478 e. The van der Waals surface area contributed by atoms with Crippen LogP contribution in [0.2, 0.25) is 0 Å². The Morgan fingerprint density at radius 2 is 2.11 bits per heavy atom. The number of nitrogens with zero attached hydrogens (tertiary/aromatic N) is 1. The van der Waals surface area contributed by atoms with E-state index in [0.717, 1.165) is 24.4 Å². The van der Waals surface area contributed by atoms with Crippen molar-refractivity contribution in [3.05, 3.63) is 58.4 Å². The van der Waals surface area contributed by atoms with Gasteiger partial charge in [0.25, 0.3) is 0 Å². The van der Waals surface area contributed by atoms with Gasteiger partial charge in [-0.25, -0.2) is 4.79 Å². The van der Waals surface area contributed by atoms with E-state index in [1.807, 2.05) is 13.8 Å². The van der Waals surface area contributed by atoms with Crippen LogP contribution in [0.4, 0.5) is 0 Å². The van der Waals surface area contributed by atoms with Crippen LogP contribution in [0.15, 0.2) is 30.3 Å². The maximum Gasteiger partial charge on any atom is 0.337 e. The molecule has 1 atom stereocenters. The summed E-state index contributed by atoms with van der Waals surface area (Å²) in [6.45, 7) is 4.74. The summed E-state index contributed by atoms with van der Waals surface area (Å²) in [7, 11) is 0. The Hall–Kier alpha value is -2.03. The van der Waals surface area contributed by atoms with Crippen LogP contribution in [-0.2, 0) is 13.0 Å². The molecule has 0 spiro atoms. The second-order valence-corrected chi connectivity index (χ2v) is 5.30. The van der Waals surface area contributed by atoms with Gasteiger partial charge >= 0.3 is 5.97 Å². The zero-order valence-corrected chi connectivity index (χ0v) is 11.2. The molecule has 0 saturated heterocycles. The molecule has 1 aromatic heterocycles. The highest BCUT2D eigenvalue weighted by atomic mass is 16.4. The van der Waals surface area contributed by atoms with Crippen molar-refractivity contribution in [1.29, 1.82) is 0 Å². The Labute approximate surface area is 112 Å². The molecule has 2 aromatic rings. The molecular weight excluding hydrogens is 238 g/mol. The first-order valence-corrected chi connectivity index (χ1v) is 6.55. The first kappa shape index (κ1) is 12.0. The molecule has 98 valence electrons. The monoisotopic (exact) mass is 255 g/mol. The third-order valence-corrected chi connectivity index (χ3v) is 4.17. The van der Waals surface area contributed by atoms with E-state index in [0.29, 0.717) is 11.5 Å². The molecule has 1 aliphatic rings. The van der Waals surface area contributed by atoms with Gasteiger partial charge in [0.15, 0.2) is 0 Å². The Kier molecular flexibility index (Phi) is 2.70. The predicted molar refractivity (Wildman–Crippen MR) is 73.8 cm³/mol. The molecule has 0 radical (unpaired) electrons. The maximum absolute atomic E-state index is 11.1. The molecule has 0 bridgehead atoms. The summed E-state index contributed by atoms with van der Waals surface area (Å²) in [5.74, 6) is -0.323. The summed E-state index contributed by atoms with van der Waals surface area (Å²) < 4.78 is 2.13. The molecule has 1 heterocycles. The van der Waals surface area contributed by atoms with Crippen molar-refractivity contribution < 1.29 is 9.90 Å². The van der Waals surface area contributed by atoms with Gasteiger partial charge in [-0.3, -0.25) is 0 Å². The summed E-state index contributed by atoms with van der Waals surface area (Å²) in [4.78, 5) is 11.1. The number of aromatic nitrogens is 1. The molecule has 1 unspecified atom stereocenters. The van der Waals surface area contributed by atoms with Crippen LogP contribution in [-0.4, -0.2) is 15.6 Å². The summed E-state index contributed by atoms with van der Waals surface area (Å²) in [5.41, 5.74) is 5.14. The Bertz CT molecular complexity index is 655. The number of rotatable bonds is 3. The van der Waals surface area contributed by atoms with Gasteiger partial charge in [-0.1, -0.05) is 24.3 Å². The van der Waals surface area contributed by atoms with E-state index in [4.69, 9.17) is 5.11 Å². The maximum atomic E-state index is 11.1. The average molecular weight is 255 g/mol. The molecule has 3 nitrogen and oxygen atoms in total. The second kappa shape index (κ2) is 4.26. The van der Waals surface area contributed by atoms with E-state index in [-0.39, 0.29) is 0 Å². The number of hydrogen-bond acceptors (Lipinski definition) is 1. The van der Waals surface area contributed by atoms with Crippen molar-refractivity contribution >= 4 is 5.97 Å². The standard InChI is InChI=1S/C16H17NO2/c1-10-7-15(16(18)19)11(2)17(10)9-13-8-12-5-3-4-6-14(12)13/h3-7,13H,8-9H2,1-2H3,(H,18,19). The number of aryl methyl sites for hydroxylation is 1. The number of hydrogen-bond donors (Lipinski definition) is 1. The van der Waals surface area contributed by atoms with Crippen LogP contribution in [0.5, 0.6) is 0 Å². The van der Waals surface area contributed by atoms with Crippen LogP contribution < -0.4 is 0 Å². The molecule has 0 aliphatic heterocycles. The number of fused-ring (bicyclic) bond motifs is 1. The lowest BCUT2D eigenvalue weighted by Crippen LogP contribution is -2.23. The summed E-state index contributed by atoms with van der Waals surface area (Å²) in [6.07, 6.45) is 1.09. The number of carbonyl (C=O) groups is 1. The van der Waals surface area contributed by atoms with Crippen molar-refractivity contribution in [2.75, 3.05) is 0 Å². The lowest BCUT2D eigenvalue weighted by atomic mass is 9.77. The van der Waals surface area contributed by atoms with Gasteiger partial charge in [-0.05, 0) is 37.5 Å². The summed E-state index contributed by atoms with van der Waals surface area (Å²) in [5, 5.41) is 9.15. The van der Waals surface area contributed by atoms with Gasteiger partial charge in [0, 0.05) is 23.9 Å². The molecule has 1 N–H and O–H groups in total. The first-order valence-electron chi connectivity index (χ1n) is 6.55. The van der Waals surface area contributed by atoms with Gasteiger partial charge in [0.1, 0.15) is 0 Å². The normalized spacial score (nSPS) is 16.8. The van der Waals surface area contributed by atoms with Gasteiger partial charge in [0.05, 0.1) is 5.56 Å². The van der Waals surface area contributed by atoms with Gasteiger partial charge in [0.2, 0.25) is 0 Å². The van der Waals surface area contributed by atoms with Crippen molar-refractivity contribution in [3.8, 4) is 0 Å². The zero-order chi connectivity index (χ0) is 13.6. The fourth-order valence-corrected chi connectivity index (χ4v) is 3.04. The molecule has 3 heteroatoms. The average Bonchev–Trinajstić information content (AvgIpc) is 2.63. The molecule has 19 heavy (non-hydrogen) atoms. The highest BCUT2D eigenvalue weighted by Crippen LogP contribution is 2.36. The molecule has 0 saturated carbocycles. The first-order chi connectivity index (χ1) is 9.08. The van der Waals surface area contributed by atoms with Crippen molar-refractivity contribution in [1.82, 2.24) is 4.57 Å². The highest BCUT2D eigenvalue weighted by Gasteiger charge is 2.27. The Morgan fingerprint density at radius 3 is 2.74 bits per heavy atom. The third kappa shape index (κ3) is 1.86. The smallest absolute Gasteiger partial charge is 0.337 e. The number of aromatic carboxylic acids is 1. The minimum Gasteiger partial charge on any atom is -0.478 e. The number of benzene rings is 1. The van der Waals surface area contributed by atoms with Crippen LogP contribution in [0, 0.1) is 13.8 Å². The predicted octanol–water partition coefficient (Wildman–Crippen LogP) is 3.14. The van der Waals surface area contributed by atoms with E-state index >= 15 is 0 Å². The minimum atomic E-state index is -0.839. The molecule has 0 fully saturated rings. The molecule has 0 amide bonds. The molecule has 1 aromatic carbocycles. The summed E-state index contributed by atoms with van der Waals surface area (Å²) in [6, 6.07) is 10.3. The Morgan fingerprint density at radius 1 is 1.37 bits per heavy atom.